The Kier molecular flexibility index (Phi) is 3.44. The maximum absolute atomic E-state index is 6.07. The second kappa shape index (κ2) is 4.53. The summed E-state index contributed by atoms with van der Waals surface area (Å²) >= 11 is 0. The lowest BCUT2D eigenvalue weighted by molar-refractivity contribution is 0.00578. The predicted molar refractivity (Wildman–Crippen MR) is 78.2 cm³/mol. The molecule has 2 rings (SSSR count). The third-order valence-electron chi connectivity index (χ3n) is 4.21. The van der Waals surface area contributed by atoms with Crippen LogP contribution in [0.4, 0.5) is 0 Å². The molecule has 1 heterocycles. The summed E-state index contributed by atoms with van der Waals surface area (Å²) in [6.07, 6.45) is 0. The lowest BCUT2D eigenvalue weighted by Gasteiger charge is -2.32. The van der Waals surface area contributed by atoms with Gasteiger partial charge in [0.05, 0.1) is 18.3 Å². The fourth-order valence-corrected chi connectivity index (χ4v) is 2.42. The summed E-state index contributed by atoms with van der Waals surface area (Å²) in [5.41, 5.74) is 2.65. The molecule has 1 aliphatic rings. The van der Waals surface area contributed by atoms with Crippen molar-refractivity contribution in [2.45, 2.75) is 52.7 Å². The van der Waals surface area contributed by atoms with Crippen LogP contribution in [0.25, 0.3) is 0 Å². The molecule has 1 saturated heterocycles. The van der Waals surface area contributed by atoms with Gasteiger partial charge in [-0.3, -0.25) is 0 Å². The summed E-state index contributed by atoms with van der Waals surface area (Å²) in [6.45, 7) is 12.3. The quantitative estimate of drug-likeness (QED) is 0.767. The van der Waals surface area contributed by atoms with E-state index in [1.54, 1.807) is 7.11 Å². The van der Waals surface area contributed by atoms with Crippen molar-refractivity contribution < 1.29 is 14.0 Å². The van der Waals surface area contributed by atoms with E-state index in [9.17, 15) is 0 Å². The van der Waals surface area contributed by atoms with E-state index in [0.717, 1.165) is 22.3 Å². The monoisotopic (exact) mass is 262 g/mol. The Morgan fingerprint density at radius 1 is 0.947 bits per heavy atom. The van der Waals surface area contributed by atoms with Gasteiger partial charge in [0, 0.05) is 0 Å². The van der Waals surface area contributed by atoms with Gasteiger partial charge in [0.15, 0.2) is 0 Å². The highest BCUT2D eigenvalue weighted by molar-refractivity contribution is 6.62. The Hall–Kier alpha value is -0.995. The number of rotatable bonds is 2. The molecular formula is C15H23BO3. The fourth-order valence-electron chi connectivity index (χ4n) is 2.42. The Morgan fingerprint density at radius 3 is 1.74 bits per heavy atom. The Bertz CT molecular complexity index is 455. The molecule has 0 radical (unpaired) electrons. The first kappa shape index (κ1) is 14.4. The Morgan fingerprint density at radius 2 is 1.37 bits per heavy atom. The highest BCUT2D eigenvalue weighted by Gasteiger charge is 2.51. The van der Waals surface area contributed by atoms with Crippen molar-refractivity contribution >= 4 is 12.6 Å². The van der Waals surface area contributed by atoms with Crippen LogP contribution in [0.1, 0.15) is 38.8 Å². The molecule has 0 unspecified atom stereocenters. The van der Waals surface area contributed by atoms with Gasteiger partial charge in [-0.05, 0) is 58.1 Å². The van der Waals surface area contributed by atoms with Crippen LogP contribution in [0.2, 0.25) is 0 Å². The van der Waals surface area contributed by atoms with Gasteiger partial charge in [0.25, 0.3) is 0 Å². The number of ether oxygens (including phenoxy) is 1. The maximum atomic E-state index is 6.07. The van der Waals surface area contributed by atoms with E-state index in [2.05, 4.69) is 39.8 Å². The summed E-state index contributed by atoms with van der Waals surface area (Å²) in [7, 11) is 1.39. The van der Waals surface area contributed by atoms with Gasteiger partial charge < -0.3 is 14.0 Å². The van der Waals surface area contributed by atoms with E-state index in [1.165, 1.54) is 0 Å². The van der Waals surface area contributed by atoms with Gasteiger partial charge in [0.1, 0.15) is 5.75 Å². The second-order valence-electron chi connectivity index (χ2n) is 6.28. The molecule has 1 aromatic rings. The van der Waals surface area contributed by atoms with Crippen LogP contribution >= 0.6 is 0 Å². The summed E-state index contributed by atoms with van der Waals surface area (Å²) in [5.74, 6) is 0.931. The molecule has 104 valence electrons. The van der Waals surface area contributed by atoms with Crippen LogP contribution in [0.15, 0.2) is 12.1 Å². The lowest BCUT2D eigenvalue weighted by Crippen LogP contribution is -2.41. The average Bonchev–Trinajstić information content (AvgIpc) is 2.47. The van der Waals surface area contributed by atoms with Crippen LogP contribution in [0.5, 0.6) is 5.75 Å². The smallest absolute Gasteiger partial charge is 0.494 e. The number of hydrogen-bond acceptors (Lipinski definition) is 3. The van der Waals surface area contributed by atoms with Gasteiger partial charge in [0.2, 0.25) is 0 Å². The van der Waals surface area contributed by atoms with Gasteiger partial charge in [-0.25, -0.2) is 0 Å². The van der Waals surface area contributed by atoms with Crippen molar-refractivity contribution in [3.63, 3.8) is 0 Å². The van der Waals surface area contributed by atoms with Gasteiger partial charge in [-0.15, -0.1) is 0 Å². The van der Waals surface area contributed by atoms with E-state index in [4.69, 9.17) is 14.0 Å². The minimum Gasteiger partial charge on any atom is -0.496 e. The van der Waals surface area contributed by atoms with Crippen molar-refractivity contribution in [3.8, 4) is 5.75 Å². The highest BCUT2D eigenvalue weighted by Crippen LogP contribution is 2.36. The van der Waals surface area contributed by atoms with Crippen LogP contribution < -0.4 is 10.2 Å². The normalized spacial score (nSPS) is 20.7. The Labute approximate surface area is 116 Å². The minimum absolute atomic E-state index is 0.306. The lowest BCUT2D eigenvalue weighted by atomic mass is 9.77. The van der Waals surface area contributed by atoms with E-state index >= 15 is 0 Å². The van der Waals surface area contributed by atoms with Gasteiger partial charge >= 0.3 is 7.12 Å². The molecule has 0 aliphatic carbocycles. The molecule has 0 aromatic heterocycles. The number of aryl methyl sites for hydroxylation is 2. The fraction of sp³-hybridized carbons (Fsp3) is 0.600. The van der Waals surface area contributed by atoms with Crippen molar-refractivity contribution in [3.05, 3.63) is 23.3 Å². The number of benzene rings is 1. The molecular weight excluding hydrogens is 239 g/mol. The first-order valence-corrected chi connectivity index (χ1v) is 6.69. The molecule has 0 atom stereocenters. The van der Waals surface area contributed by atoms with Gasteiger partial charge in [-0.1, -0.05) is 12.1 Å². The van der Waals surface area contributed by atoms with Crippen molar-refractivity contribution in [2.24, 2.45) is 0 Å². The summed E-state index contributed by atoms with van der Waals surface area (Å²) in [6, 6.07) is 4.15. The van der Waals surface area contributed by atoms with E-state index in [-0.39, 0.29) is 18.3 Å². The van der Waals surface area contributed by atoms with Crippen molar-refractivity contribution in [1.82, 2.24) is 0 Å². The van der Waals surface area contributed by atoms with Crippen LogP contribution in [-0.4, -0.2) is 25.4 Å². The molecule has 1 aliphatic heterocycles. The molecule has 0 bridgehead atoms. The molecule has 0 saturated carbocycles. The topological polar surface area (TPSA) is 27.7 Å². The molecule has 1 aromatic carbocycles. The molecule has 0 N–H and O–H groups in total. The number of hydrogen-bond donors (Lipinski definition) is 0. The van der Waals surface area contributed by atoms with Crippen molar-refractivity contribution in [1.29, 1.82) is 0 Å². The van der Waals surface area contributed by atoms with Crippen LogP contribution in [0, 0.1) is 13.8 Å². The first-order valence-electron chi connectivity index (χ1n) is 6.69. The SMILES string of the molecule is COc1c(C)cc(B2OC(C)(C)C(C)(C)O2)cc1C. The third kappa shape index (κ3) is 2.39. The molecule has 1 fully saturated rings. The average molecular weight is 262 g/mol. The van der Waals surface area contributed by atoms with Crippen molar-refractivity contribution in [2.75, 3.05) is 7.11 Å². The molecule has 0 amide bonds. The number of methoxy groups -OCH3 is 1. The molecule has 0 spiro atoms. The van der Waals surface area contributed by atoms with E-state index in [1.807, 2.05) is 13.8 Å². The summed E-state index contributed by atoms with van der Waals surface area (Å²) in [4.78, 5) is 0. The zero-order valence-electron chi connectivity index (χ0n) is 13.0. The summed E-state index contributed by atoms with van der Waals surface area (Å²) in [5, 5.41) is 0. The van der Waals surface area contributed by atoms with Crippen LogP contribution in [0.3, 0.4) is 0 Å². The maximum Gasteiger partial charge on any atom is 0.494 e. The Balaban J connectivity index is 2.35. The second-order valence-corrected chi connectivity index (χ2v) is 6.28. The third-order valence-corrected chi connectivity index (χ3v) is 4.21. The molecule has 3 nitrogen and oxygen atoms in total. The zero-order chi connectivity index (χ0) is 14.4. The van der Waals surface area contributed by atoms with E-state index in [0.29, 0.717) is 0 Å². The first-order chi connectivity index (χ1) is 8.68. The highest BCUT2D eigenvalue weighted by atomic mass is 16.7. The predicted octanol–water partition coefficient (Wildman–Crippen LogP) is 2.61. The van der Waals surface area contributed by atoms with Crippen LogP contribution in [-0.2, 0) is 9.31 Å². The molecule has 4 heteroatoms. The standard InChI is InChI=1S/C15H23BO3/c1-10-8-12(9-11(2)13(10)17-7)16-18-14(3,4)15(5,6)19-16/h8-9H,1-7H3. The van der Waals surface area contributed by atoms with Gasteiger partial charge in [-0.2, -0.15) is 0 Å². The summed E-state index contributed by atoms with van der Waals surface area (Å²) < 4.78 is 17.5. The largest absolute Gasteiger partial charge is 0.496 e. The molecule has 19 heavy (non-hydrogen) atoms. The minimum atomic E-state index is -0.312. The zero-order valence-corrected chi connectivity index (χ0v) is 13.0. The van der Waals surface area contributed by atoms with E-state index < -0.39 is 0 Å².